The fraction of sp³-hybridized carbons (Fsp3) is 0.160. The van der Waals surface area contributed by atoms with Crippen LogP contribution in [0.25, 0.3) is 0 Å². The predicted molar refractivity (Wildman–Crippen MR) is 121 cm³/mol. The fourth-order valence-electron chi connectivity index (χ4n) is 3.15. The Labute approximate surface area is 190 Å². The summed E-state index contributed by atoms with van der Waals surface area (Å²) in [6.45, 7) is 0.985. The number of aryl methyl sites for hydroxylation is 1. The second-order valence-electron chi connectivity index (χ2n) is 7.40. The van der Waals surface area contributed by atoms with Gasteiger partial charge in [-0.3, -0.25) is 24.5 Å². The number of ether oxygens (including phenoxy) is 1. The van der Waals surface area contributed by atoms with Gasteiger partial charge in [-0.25, -0.2) is 0 Å². The van der Waals surface area contributed by atoms with Crippen LogP contribution in [-0.2, 0) is 16.0 Å². The molecule has 0 fully saturated rings. The molecule has 33 heavy (non-hydrogen) atoms. The number of hydrogen-bond donors (Lipinski definition) is 1. The largest absolute Gasteiger partial charge is 0.456 e. The minimum Gasteiger partial charge on any atom is -0.456 e. The van der Waals surface area contributed by atoms with E-state index in [2.05, 4.69) is 5.32 Å². The van der Waals surface area contributed by atoms with Crippen LogP contribution in [0.2, 0.25) is 0 Å². The summed E-state index contributed by atoms with van der Waals surface area (Å²) in [7, 11) is 0. The molecular weight excluding hydrogens is 424 g/mol. The van der Waals surface area contributed by atoms with E-state index in [1.165, 1.54) is 6.07 Å². The molecule has 1 N–H and O–H groups in total. The zero-order chi connectivity index (χ0) is 23.8. The first-order chi connectivity index (χ1) is 15.8. The summed E-state index contributed by atoms with van der Waals surface area (Å²) in [5.74, 6) is -1.54. The Morgan fingerprint density at radius 2 is 1.64 bits per heavy atom. The third-order valence-corrected chi connectivity index (χ3v) is 4.90. The molecule has 0 radical (unpaired) electrons. The van der Waals surface area contributed by atoms with Crippen molar-refractivity contribution in [3.8, 4) is 0 Å². The van der Waals surface area contributed by atoms with Crippen molar-refractivity contribution in [3.63, 3.8) is 0 Å². The van der Waals surface area contributed by atoms with Gasteiger partial charge in [0.05, 0.1) is 4.92 Å². The molecule has 1 amide bonds. The quantitative estimate of drug-likeness (QED) is 0.232. The maximum atomic E-state index is 12.3. The summed E-state index contributed by atoms with van der Waals surface area (Å²) in [4.78, 5) is 46.9. The Bertz CT molecular complexity index is 1170. The molecule has 0 atom stereocenters. The number of ketones is 1. The van der Waals surface area contributed by atoms with Gasteiger partial charge in [-0.15, -0.1) is 0 Å². The van der Waals surface area contributed by atoms with Gasteiger partial charge in [-0.1, -0.05) is 54.6 Å². The summed E-state index contributed by atoms with van der Waals surface area (Å²) in [6.07, 6.45) is 0.348. The molecule has 168 valence electrons. The molecule has 0 aliphatic carbocycles. The minimum absolute atomic E-state index is 0.0569. The number of benzene rings is 3. The summed E-state index contributed by atoms with van der Waals surface area (Å²) in [5, 5.41) is 13.7. The van der Waals surface area contributed by atoms with Crippen molar-refractivity contribution in [1.82, 2.24) is 5.32 Å². The van der Waals surface area contributed by atoms with Crippen molar-refractivity contribution in [2.75, 3.05) is 13.2 Å². The van der Waals surface area contributed by atoms with Crippen LogP contribution in [0.1, 0.15) is 37.4 Å². The number of amides is 1. The van der Waals surface area contributed by atoms with E-state index in [4.69, 9.17) is 4.74 Å². The number of nitrogens with zero attached hydrogens (tertiary/aromatic N) is 1. The zero-order valence-corrected chi connectivity index (χ0v) is 17.9. The third kappa shape index (κ3) is 6.57. The highest BCUT2D eigenvalue weighted by atomic mass is 16.6. The van der Waals surface area contributed by atoms with E-state index in [9.17, 15) is 24.5 Å². The molecule has 0 aliphatic heterocycles. The molecule has 0 bridgehead atoms. The van der Waals surface area contributed by atoms with Gasteiger partial charge in [0.25, 0.3) is 11.6 Å². The fourth-order valence-corrected chi connectivity index (χ4v) is 3.15. The van der Waals surface area contributed by atoms with Gasteiger partial charge in [-0.05, 0) is 30.2 Å². The molecule has 8 nitrogen and oxygen atoms in total. The van der Waals surface area contributed by atoms with Crippen molar-refractivity contribution < 1.29 is 24.0 Å². The number of carbonyl (C=O) groups is 3. The second kappa shape index (κ2) is 10.8. The Morgan fingerprint density at radius 3 is 2.30 bits per heavy atom. The number of rotatable bonds is 9. The van der Waals surface area contributed by atoms with Crippen LogP contribution in [0.5, 0.6) is 0 Å². The monoisotopic (exact) mass is 446 g/mol. The van der Waals surface area contributed by atoms with Crippen LogP contribution >= 0.6 is 0 Å². The van der Waals surface area contributed by atoms with Crippen molar-refractivity contribution in [2.24, 2.45) is 0 Å². The number of nitrogens with one attached hydrogen (secondary N) is 1. The second-order valence-corrected chi connectivity index (χ2v) is 7.40. The Balaban J connectivity index is 1.51. The van der Waals surface area contributed by atoms with Gasteiger partial charge in [0, 0.05) is 29.2 Å². The lowest BCUT2D eigenvalue weighted by Gasteiger charge is -2.08. The first-order valence-electron chi connectivity index (χ1n) is 10.2. The van der Waals surface area contributed by atoms with E-state index in [-0.39, 0.29) is 12.2 Å². The van der Waals surface area contributed by atoms with Crippen LogP contribution in [-0.4, -0.2) is 35.7 Å². The van der Waals surface area contributed by atoms with Crippen LogP contribution in [0.15, 0.2) is 72.8 Å². The topological polar surface area (TPSA) is 116 Å². The van der Waals surface area contributed by atoms with Crippen LogP contribution in [0.3, 0.4) is 0 Å². The molecule has 0 spiro atoms. The number of carbonyl (C=O) groups excluding carboxylic acids is 3. The van der Waals surface area contributed by atoms with E-state index in [0.29, 0.717) is 23.1 Å². The molecule has 0 unspecified atom stereocenters. The average molecular weight is 446 g/mol. The zero-order valence-electron chi connectivity index (χ0n) is 17.9. The van der Waals surface area contributed by atoms with Crippen molar-refractivity contribution in [3.05, 3.63) is 111 Å². The summed E-state index contributed by atoms with van der Waals surface area (Å²) < 4.78 is 4.95. The molecule has 0 saturated carbocycles. The summed E-state index contributed by atoms with van der Waals surface area (Å²) in [6, 6.07) is 20.1. The number of nitro benzene ring substituents is 1. The Kier molecular flexibility index (Phi) is 7.64. The van der Waals surface area contributed by atoms with Gasteiger partial charge in [0.2, 0.25) is 0 Å². The molecule has 0 heterocycles. The Morgan fingerprint density at radius 1 is 0.939 bits per heavy atom. The molecule has 3 aromatic carbocycles. The van der Waals surface area contributed by atoms with Gasteiger partial charge in [0.1, 0.15) is 6.54 Å². The minimum atomic E-state index is -0.726. The highest BCUT2D eigenvalue weighted by Crippen LogP contribution is 2.23. The number of nitro groups is 1. The highest BCUT2D eigenvalue weighted by molar-refractivity contribution is 5.98. The Hall–Kier alpha value is -4.33. The lowest BCUT2D eigenvalue weighted by atomic mass is 10.00. The SMILES string of the molecule is Cc1ccc(Cc2ccc(C(=O)COC(=O)CNC(=O)c3ccccc3)cc2)c([N+](=O)[O-])c1. The normalized spacial score (nSPS) is 10.3. The maximum Gasteiger partial charge on any atom is 0.325 e. The first kappa shape index (κ1) is 23.3. The maximum absolute atomic E-state index is 12.3. The summed E-state index contributed by atoms with van der Waals surface area (Å²) in [5.41, 5.74) is 3.01. The molecular formula is C25H22N2O6. The molecule has 0 aromatic heterocycles. The number of hydrogen-bond acceptors (Lipinski definition) is 6. The van der Waals surface area contributed by atoms with Gasteiger partial charge < -0.3 is 10.1 Å². The average Bonchev–Trinajstić information content (AvgIpc) is 2.83. The van der Waals surface area contributed by atoms with Crippen LogP contribution < -0.4 is 5.32 Å². The molecule has 3 rings (SSSR count). The highest BCUT2D eigenvalue weighted by Gasteiger charge is 2.15. The third-order valence-electron chi connectivity index (χ3n) is 4.90. The summed E-state index contributed by atoms with van der Waals surface area (Å²) >= 11 is 0. The van der Waals surface area contributed by atoms with Crippen molar-refractivity contribution >= 4 is 23.3 Å². The lowest BCUT2D eigenvalue weighted by Crippen LogP contribution is -2.31. The van der Waals surface area contributed by atoms with Crippen LogP contribution in [0, 0.1) is 17.0 Å². The van der Waals surface area contributed by atoms with Gasteiger partial charge in [0.15, 0.2) is 12.4 Å². The lowest BCUT2D eigenvalue weighted by molar-refractivity contribution is -0.385. The smallest absolute Gasteiger partial charge is 0.325 e. The molecule has 3 aromatic rings. The van der Waals surface area contributed by atoms with Crippen molar-refractivity contribution in [2.45, 2.75) is 13.3 Å². The standard InChI is InChI=1S/C25H22N2O6/c1-17-7-10-21(22(13-17)27(31)32)14-18-8-11-19(12-9-18)23(28)16-33-24(29)15-26-25(30)20-5-3-2-4-6-20/h2-13H,14-16H2,1H3,(H,26,30). The van der Waals surface area contributed by atoms with Gasteiger partial charge >= 0.3 is 5.97 Å². The van der Waals surface area contributed by atoms with E-state index < -0.39 is 29.2 Å². The van der Waals surface area contributed by atoms with E-state index in [0.717, 1.165) is 11.1 Å². The van der Waals surface area contributed by atoms with Crippen LogP contribution in [0.4, 0.5) is 5.69 Å². The van der Waals surface area contributed by atoms with E-state index in [1.54, 1.807) is 67.6 Å². The van der Waals surface area contributed by atoms with E-state index >= 15 is 0 Å². The molecule has 0 aliphatic rings. The number of Topliss-reactive ketones (excluding diaryl/α,β-unsaturated/α-hetero) is 1. The predicted octanol–water partition coefficient (Wildman–Crippen LogP) is 3.65. The van der Waals surface area contributed by atoms with E-state index in [1.807, 2.05) is 6.07 Å². The molecule has 0 saturated heterocycles. The van der Waals surface area contributed by atoms with Gasteiger partial charge in [-0.2, -0.15) is 0 Å². The number of esters is 1. The molecule has 8 heteroatoms. The van der Waals surface area contributed by atoms with Crippen molar-refractivity contribution in [1.29, 1.82) is 0 Å². The first-order valence-corrected chi connectivity index (χ1v) is 10.2.